The smallest absolute Gasteiger partial charge is 0.374 e. The van der Waals surface area contributed by atoms with Gasteiger partial charge in [0.05, 0.1) is 6.26 Å². The van der Waals surface area contributed by atoms with Gasteiger partial charge >= 0.3 is 17.9 Å². The molecule has 30 heavy (non-hydrogen) atoms. The summed E-state index contributed by atoms with van der Waals surface area (Å²) in [7, 11) is 0. The van der Waals surface area contributed by atoms with Crippen LogP contribution in [0.4, 0.5) is 0 Å². The first-order valence-electron chi connectivity index (χ1n) is 10.0. The molecule has 0 saturated carbocycles. The zero-order valence-corrected chi connectivity index (χ0v) is 17.4. The summed E-state index contributed by atoms with van der Waals surface area (Å²) in [5.74, 6) is -0.932. The molecule has 2 aliphatic carbocycles. The second kappa shape index (κ2) is 7.31. The minimum atomic E-state index is -0.755. The first kappa shape index (κ1) is 20.2. The summed E-state index contributed by atoms with van der Waals surface area (Å²) in [5.41, 5.74) is 1.93. The third-order valence-electron chi connectivity index (χ3n) is 6.44. The van der Waals surface area contributed by atoms with E-state index in [-0.39, 0.29) is 30.0 Å². The Hall–Kier alpha value is -3.09. The molecule has 0 N–H and O–H groups in total. The van der Waals surface area contributed by atoms with Crippen molar-refractivity contribution in [2.45, 2.75) is 52.7 Å². The standard InChI is InChI=1S/C23H24O7/c1-5-19(24)28-18-10-14-9-17-15(12(2)21(25)29-17)11-23(14,4)13(3)20(18)30-22(26)16-7-6-8-27-16/h6-10,13,18,20H,5,11H2,1-4H3/t13-,18-,20+,23+/m0/s1. The van der Waals surface area contributed by atoms with Crippen LogP contribution in [0.25, 0.3) is 0 Å². The molecule has 3 aliphatic rings. The number of carbonyl (C=O) groups is 3. The van der Waals surface area contributed by atoms with Crippen molar-refractivity contribution < 1.29 is 33.0 Å². The van der Waals surface area contributed by atoms with Crippen LogP contribution in [0.2, 0.25) is 0 Å². The Labute approximate surface area is 174 Å². The number of hydrogen-bond acceptors (Lipinski definition) is 7. The van der Waals surface area contributed by atoms with E-state index in [0.29, 0.717) is 17.8 Å². The number of carbonyl (C=O) groups excluding carboxylic acids is 3. The van der Waals surface area contributed by atoms with Gasteiger partial charge in [-0.2, -0.15) is 0 Å². The molecule has 7 heteroatoms. The van der Waals surface area contributed by atoms with Gasteiger partial charge in [0.2, 0.25) is 5.76 Å². The van der Waals surface area contributed by atoms with Crippen LogP contribution in [-0.4, -0.2) is 30.1 Å². The van der Waals surface area contributed by atoms with Crippen LogP contribution in [0.1, 0.15) is 51.1 Å². The molecule has 158 valence electrons. The largest absolute Gasteiger partial charge is 0.457 e. The molecule has 2 heterocycles. The van der Waals surface area contributed by atoms with E-state index in [0.717, 1.165) is 11.1 Å². The van der Waals surface area contributed by atoms with E-state index in [1.54, 1.807) is 26.0 Å². The lowest BCUT2D eigenvalue weighted by atomic mass is 9.60. The summed E-state index contributed by atoms with van der Waals surface area (Å²) in [4.78, 5) is 36.7. The molecule has 0 fully saturated rings. The number of hydrogen-bond donors (Lipinski definition) is 0. The Morgan fingerprint density at radius 3 is 2.73 bits per heavy atom. The monoisotopic (exact) mass is 412 g/mol. The second-order valence-corrected chi connectivity index (χ2v) is 8.16. The Bertz CT molecular complexity index is 995. The van der Waals surface area contributed by atoms with Gasteiger partial charge in [-0.05, 0) is 43.2 Å². The molecule has 0 amide bonds. The van der Waals surface area contributed by atoms with Crippen molar-refractivity contribution >= 4 is 17.9 Å². The summed E-state index contributed by atoms with van der Waals surface area (Å²) in [6.45, 7) is 7.48. The summed E-state index contributed by atoms with van der Waals surface area (Å²) in [5, 5.41) is 0. The maximum absolute atomic E-state index is 12.6. The second-order valence-electron chi connectivity index (χ2n) is 8.16. The zero-order valence-electron chi connectivity index (χ0n) is 17.4. The Kier molecular flexibility index (Phi) is 4.92. The van der Waals surface area contributed by atoms with E-state index >= 15 is 0 Å². The van der Waals surface area contributed by atoms with Gasteiger partial charge in [-0.25, -0.2) is 9.59 Å². The lowest BCUT2D eigenvalue weighted by molar-refractivity contribution is -0.156. The highest BCUT2D eigenvalue weighted by molar-refractivity contribution is 5.94. The van der Waals surface area contributed by atoms with Gasteiger partial charge in [-0.1, -0.05) is 20.8 Å². The zero-order chi connectivity index (χ0) is 21.6. The number of rotatable bonds is 4. The molecule has 0 spiro atoms. The minimum Gasteiger partial charge on any atom is -0.457 e. The summed E-state index contributed by atoms with van der Waals surface area (Å²) < 4.78 is 21.9. The fraction of sp³-hybridized carbons (Fsp3) is 0.435. The van der Waals surface area contributed by atoms with Gasteiger partial charge in [0.1, 0.15) is 11.9 Å². The van der Waals surface area contributed by atoms with Crippen molar-refractivity contribution in [1.29, 1.82) is 0 Å². The van der Waals surface area contributed by atoms with Crippen LogP contribution in [0.15, 0.2) is 57.4 Å². The van der Waals surface area contributed by atoms with Gasteiger partial charge in [-0.15, -0.1) is 0 Å². The van der Waals surface area contributed by atoms with Crippen molar-refractivity contribution in [3.8, 4) is 0 Å². The molecule has 1 aliphatic heterocycles. The average molecular weight is 412 g/mol. The normalized spacial score (nSPS) is 30.0. The third-order valence-corrected chi connectivity index (χ3v) is 6.44. The number of ether oxygens (including phenoxy) is 3. The number of allylic oxidation sites excluding steroid dienone is 3. The highest BCUT2D eigenvalue weighted by Gasteiger charge is 2.52. The lowest BCUT2D eigenvalue weighted by Gasteiger charge is -2.48. The maximum atomic E-state index is 12.6. The molecule has 1 aromatic heterocycles. The SMILES string of the molecule is CCC(=O)O[C@H]1C=C2C=C3OC(=O)C(C)=C3C[C@]2(C)[C@@H](C)[C@H]1OC(=O)c1ccco1. The van der Waals surface area contributed by atoms with Crippen molar-refractivity contribution in [3.05, 3.63) is 58.8 Å². The molecule has 0 saturated heterocycles. The summed E-state index contributed by atoms with van der Waals surface area (Å²) in [6, 6.07) is 3.13. The molecule has 0 aromatic carbocycles. The number of fused-ring (bicyclic) bond motifs is 2. The van der Waals surface area contributed by atoms with Crippen LogP contribution in [0.3, 0.4) is 0 Å². The van der Waals surface area contributed by atoms with Crippen LogP contribution in [-0.2, 0) is 23.8 Å². The topological polar surface area (TPSA) is 92.0 Å². The molecule has 4 rings (SSSR count). The van der Waals surface area contributed by atoms with E-state index in [1.807, 2.05) is 13.0 Å². The van der Waals surface area contributed by atoms with Crippen LogP contribution in [0, 0.1) is 11.3 Å². The van der Waals surface area contributed by atoms with E-state index < -0.39 is 23.6 Å². The molecule has 0 unspecified atom stereocenters. The van der Waals surface area contributed by atoms with E-state index in [9.17, 15) is 14.4 Å². The molecule has 1 aromatic rings. The fourth-order valence-electron chi connectivity index (χ4n) is 4.32. The third kappa shape index (κ3) is 3.18. The van der Waals surface area contributed by atoms with Crippen molar-refractivity contribution in [1.82, 2.24) is 0 Å². The van der Waals surface area contributed by atoms with Crippen LogP contribution >= 0.6 is 0 Å². The van der Waals surface area contributed by atoms with E-state index in [4.69, 9.17) is 18.6 Å². The molecule has 0 bridgehead atoms. The van der Waals surface area contributed by atoms with Gasteiger partial charge in [0, 0.05) is 28.9 Å². The number of furan rings is 1. The highest BCUT2D eigenvalue weighted by Crippen LogP contribution is 2.54. The maximum Gasteiger partial charge on any atom is 0.374 e. The van der Waals surface area contributed by atoms with Crippen molar-refractivity contribution in [2.75, 3.05) is 0 Å². The predicted octanol–water partition coefficient (Wildman–Crippen LogP) is 3.87. The van der Waals surface area contributed by atoms with E-state index in [2.05, 4.69) is 6.92 Å². The first-order chi connectivity index (χ1) is 14.2. The Morgan fingerprint density at radius 1 is 1.30 bits per heavy atom. The number of esters is 3. The quantitative estimate of drug-likeness (QED) is 0.547. The van der Waals surface area contributed by atoms with Gasteiger partial charge in [0.15, 0.2) is 6.10 Å². The van der Waals surface area contributed by atoms with Gasteiger partial charge < -0.3 is 18.6 Å². The molecule has 4 atom stereocenters. The van der Waals surface area contributed by atoms with Gasteiger partial charge in [0.25, 0.3) is 0 Å². The first-order valence-corrected chi connectivity index (χ1v) is 10.0. The average Bonchev–Trinajstić information content (AvgIpc) is 3.34. The summed E-state index contributed by atoms with van der Waals surface area (Å²) in [6.07, 6.45) is 4.34. The molecule has 7 nitrogen and oxygen atoms in total. The minimum absolute atomic E-state index is 0.0851. The predicted molar refractivity (Wildman–Crippen MR) is 105 cm³/mol. The molecule has 0 radical (unpaired) electrons. The van der Waals surface area contributed by atoms with Crippen LogP contribution < -0.4 is 0 Å². The van der Waals surface area contributed by atoms with Gasteiger partial charge in [-0.3, -0.25) is 4.79 Å². The lowest BCUT2D eigenvalue weighted by Crippen LogP contribution is -2.50. The Morgan fingerprint density at radius 2 is 2.07 bits per heavy atom. The molecular formula is C23H24O7. The van der Waals surface area contributed by atoms with E-state index in [1.165, 1.54) is 12.3 Å². The fourth-order valence-corrected chi connectivity index (χ4v) is 4.32. The highest BCUT2D eigenvalue weighted by atomic mass is 16.6. The van der Waals surface area contributed by atoms with Crippen molar-refractivity contribution in [3.63, 3.8) is 0 Å². The Balaban J connectivity index is 1.73. The van der Waals surface area contributed by atoms with Crippen molar-refractivity contribution in [2.24, 2.45) is 11.3 Å². The van der Waals surface area contributed by atoms with Crippen LogP contribution in [0.5, 0.6) is 0 Å². The summed E-state index contributed by atoms with van der Waals surface area (Å²) >= 11 is 0. The molecular weight excluding hydrogens is 388 g/mol.